The van der Waals surface area contributed by atoms with Crippen LogP contribution in [0.3, 0.4) is 0 Å². The number of fused-ring (bicyclic) bond motifs is 1. The van der Waals surface area contributed by atoms with Crippen molar-refractivity contribution in [3.05, 3.63) is 82.7 Å². The molecule has 0 aliphatic heterocycles. The van der Waals surface area contributed by atoms with Gasteiger partial charge in [0.25, 0.3) is 0 Å². The van der Waals surface area contributed by atoms with Crippen molar-refractivity contribution in [1.82, 2.24) is 14.5 Å². The van der Waals surface area contributed by atoms with Gasteiger partial charge in [-0.2, -0.15) is 18.3 Å². The molecular formula is C25H28F3N3O2S. The quantitative estimate of drug-likeness (QED) is 0.470. The lowest BCUT2D eigenvalue weighted by atomic mass is 9.84. The number of halogens is 3. The number of nitrogens with one attached hydrogen (secondary N) is 1. The summed E-state index contributed by atoms with van der Waals surface area (Å²) in [6.45, 7) is 2.24. The summed E-state index contributed by atoms with van der Waals surface area (Å²) in [6.07, 6.45) is 1.75. The van der Waals surface area contributed by atoms with E-state index in [2.05, 4.69) is 16.7 Å². The minimum Gasteiger partial charge on any atom is -0.274 e. The van der Waals surface area contributed by atoms with Crippen molar-refractivity contribution in [2.45, 2.75) is 56.1 Å². The van der Waals surface area contributed by atoms with E-state index in [4.69, 9.17) is 0 Å². The third-order valence-corrected chi connectivity index (χ3v) is 7.84. The van der Waals surface area contributed by atoms with Crippen molar-refractivity contribution < 1.29 is 21.6 Å². The van der Waals surface area contributed by atoms with Gasteiger partial charge in [-0.25, -0.2) is 13.1 Å². The van der Waals surface area contributed by atoms with E-state index in [0.717, 1.165) is 36.5 Å². The summed E-state index contributed by atoms with van der Waals surface area (Å²) >= 11 is 0. The number of hydrogen-bond donors (Lipinski definition) is 1. The molecule has 1 N–H and O–H groups in total. The average molecular weight is 492 g/mol. The van der Waals surface area contributed by atoms with Crippen LogP contribution in [-0.2, 0) is 42.6 Å². The summed E-state index contributed by atoms with van der Waals surface area (Å²) in [4.78, 5) is 0.0987. The maximum Gasteiger partial charge on any atom is 0.416 e. The molecular weight excluding hydrogens is 463 g/mol. The highest BCUT2D eigenvalue weighted by atomic mass is 32.2. The summed E-state index contributed by atoms with van der Waals surface area (Å²) in [5, 5.41) is 3.91. The minimum absolute atomic E-state index is 0.0910. The van der Waals surface area contributed by atoms with Gasteiger partial charge in [0.15, 0.2) is 0 Å². The summed E-state index contributed by atoms with van der Waals surface area (Å²) in [5.41, 5.74) is 3.14. The molecule has 3 aromatic rings. The highest BCUT2D eigenvalue weighted by Crippen LogP contribution is 2.43. The topological polar surface area (TPSA) is 64.0 Å². The van der Waals surface area contributed by atoms with Crippen LogP contribution in [0.4, 0.5) is 13.2 Å². The molecule has 34 heavy (non-hydrogen) atoms. The summed E-state index contributed by atoms with van der Waals surface area (Å²) in [6, 6.07) is 11.5. The fourth-order valence-electron chi connectivity index (χ4n) is 4.84. The lowest BCUT2D eigenvalue weighted by Gasteiger charge is -2.21. The van der Waals surface area contributed by atoms with Gasteiger partial charge in [0.1, 0.15) is 4.90 Å². The van der Waals surface area contributed by atoms with E-state index in [-0.39, 0.29) is 17.4 Å². The van der Waals surface area contributed by atoms with Crippen molar-refractivity contribution in [3.63, 3.8) is 0 Å². The fraction of sp³-hybridized carbons (Fsp3) is 0.400. The first-order valence-electron chi connectivity index (χ1n) is 11.3. The molecule has 0 fully saturated rings. The Kier molecular flexibility index (Phi) is 6.87. The maximum atomic E-state index is 13.2. The van der Waals surface area contributed by atoms with E-state index in [0.29, 0.717) is 17.9 Å². The van der Waals surface area contributed by atoms with Crippen LogP contribution >= 0.6 is 0 Å². The monoisotopic (exact) mass is 491 g/mol. The smallest absolute Gasteiger partial charge is 0.274 e. The van der Waals surface area contributed by atoms with Crippen LogP contribution in [0.2, 0.25) is 0 Å². The second-order valence-electron chi connectivity index (χ2n) is 8.97. The zero-order valence-corrected chi connectivity index (χ0v) is 20.0. The van der Waals surface area contributed by atoms with Gasteiger partial charge < -0.3 is 0 Å². The highest BCUT2D eigenvalue weighted by Gasteiger charge is 2.34. The standard InChI is InChI=1S/C25H28F3N3O2S/c1-3-5-19-13-20-9-8-18(14-30-34(32,33)22-15-29-31(2)16-22)12-24(20)23(19)11-17-6-4-7-21(10-17)25(26,27)28/h4,6-10,12,15-16,19,23,30H,3,5,11,13-14H2,1-2H3. The maximum absolute atomic E-state index is 13.2. The van der Waals surface area contributed by atoms with Gasteiger partial charge >= 0.3 is 6.18 Å². The molecule has 2 aromatic carbocycles. The van der Waals surface area contributed by atoms with Crippen molar-refractivity contribution >= 4 is 10.0 Å². The summed E-state index contributed by atoms with van der Waals surface area (Å²) in [7, 11) is -2.04. The molecule has 1 heterocycles. The SMILES string of the molecule is CCCC1Cc2ccc(CNS(=O)(=O)c3cnn(C)c3)cc2C1Cc1cccc(C(F)(F)F)c1. The number of alkyl halides is 3. The normalized spacial score (nSPS) is 18.3. The van der Waals surface area contributed by atoms with Crippen LogP contribution in [0.5, 0.6) is 0 Å². The highest BCUT2D eigenvalue weighted by molar-refractivity contribution is 7.89. The second kappa shape index (κ2) is 9.54. The van der Waals surface area contributed by atoms with Gasteiger partial charge in [-0.05, 0) is 59.4 Å². The van der Waals surface area contributed by atoms with Gasteiger partial charge in [0.2, 0.25) is 10.0 Å². The Hall–Kier alpha value is -2.65. The van der Waals surface area contributed by atoms with Crippen molar-refractivity contribution in [1.29, 1.82) is 0 Å². The van der Waals surface area contributed by atoms with Crippen molar-refractivity contribution in [3.8, 4) is 0 Å². The Bertz CT molecular complexity index is 1270. The Morgan fingerprint density at radius 3 is 2.62 bits per heavy atom. The number of aryl methyl sites for hydroxylation is 1. The average Bonchev–Trinajstić information content (AvgIpc) is 3.37. The van der Waals surface area contributed by atoms with Crippen molar-refractivity contribution in [2.24, 2.45) is 13.0 Å². The van der Waals surface area contributed by atoms with E-state index in [9.17, 15) is 21.6 Å². The number of nitrogens with zero attached hydrogens (tertiary/aromatic N) is 2. The van der Waals surface area contributed by atoms with Gasteiger partial charge in [0, 0.05) is 19.8 Å². The third-order valence-electron chi connectivity index (χ3n) is 6.49. The zero-order valence-electron chi connectivity index (χ0n) is 19.1. The Morgan fingerprint density at radius 1 is 1.15 bits per heavy atom. The van der Waals surface area contributed by atoms with Crippen LogP contribution < -0.4 is 4.72 Å². The lowest BCUT2D eigenvalue weighted by molar-refractivity contribution is -0.137. The van der Waals surface area contributed by atoms with E-state index >= 15 is 0 Å². The predicted molar refractivity (Wildman–Crippen MR) is 124 cm³/mol. The molecule has 0 bridgehead atoms. The third kappa shape index (κ3) is 5.36. The second-order valence-corrected chi connectivity index (χ2v) is 10.7. The van der Waals surface area contributed by atoms with Crippen molar-refractivity contribution in [2.75, 3.05) is 0 Å². The van der Waals surface area contributed by atoms with Crippen LogP contribution in [0, 0.1) is 5.92 Å². The molecule has 0 radical (unpaired) electrons. The number of hydrogen-bond acceptors (Lipinski definition) is 3. The fourth-order valence-corrected chi connectivity index (χ4v) is 5.84. The molecule has 1 aliphatic rings. The van der Waals surface area contributed by atoms with E-state index in [1.807, 2.05) is 18.2 Å². The number of aromatic nitrogens is 2. The number of sulfonamides is 1. The zero-order chi connectivity index (χ0) is 24.5. The Labute approximate surface area is 198 Å². The molecule has 1 aliphatic carbocycles. The first-order valence-corrected chi connectivity index (χ1v) is 12.8. The van der Waals surface area contributed by atoms with E-state index in [1.165, 1.54) is 34.8 Å². The largest absolute Gasteiger partial charge is 0.416 e. The molecule has 0 saturated heterocycles. The molecule has 182 valence electrons. The Balaban J connectivity index is 1.57. The van der Waals surface area contributed by atoms with E-state index < -0.39 is 21.8 Å². The number of benzene rings is 2. The van der Waals surface area contributed by atoms with E-state index in [1.54, 1.807) is 13.1 Å². The minimum atomic E-state index is -4.37. The Morgan fingerprint density at radius 2 is 1.94 bits per heavy atom. The van der Waals surface area contributed by atoms with Gasteiger partial charge in [0.05, 0.1) is 11.8 Å². The molecule has 1 aromatic heterocycles. The van der Waals surface area contributed by atoms with Crippen LogP contribution in [-0.4, -0.2) is 18.2 Å². The van der Waals surface area contributed by atoms with Gasteiger partial charge in [-0.3, -0.25) is 4.68 Å². The molecule has 5 nitrogen and oxygen atoms in total. The first kappa shape index (κ1) is 24.5. The predicted octanol–water partition coefficient (Wildman–Crippen LogP) is 5.22. The van der Waals surface area contributed by atoms with Gasteiger partial charge in [-0.15, -0.1) is 0 Å². The van der Waals surface area contributed by atoms with Crippen LogP contribution in [0.15, 0.2) is 59.8 Å². The molecule has 9 heteroatoms. The molecule has 0 amide bonds. The number of rotatable bonds is 8. The molecule has 2 atom stereocenters. The molecule has 0 spiro atoms. The first-order chi connectivity index (χ1) is 16.1. The molecule has 2 unspecified atom stereocenters. The summed E-state index contributed by atoms with van der Waals surface area (Å²) in [5.74, 6) is 0.435. The van der Waals surface area contributed by atoms with Crippen LogP contribution in [0.25, 0.3) is 0 Å². The summed E-state index contributed by atoms with van der Waals surface area (Å²) < 4.78 is 68.8. The molecule has 0 saturated carbocycles. The lowest BCUT2D eigenvalue weighted by Crippen LogP contribution is -2.23. The van der Waals surface area contributed by atoms with Gasteiger partial charge in [-0.1, -0.05) is 49.7 Å². The van der Waals surface area contributed by atoms with Crippen LogP contribution in [0.1, 0.15) is 53.5 Å². The molecule has 4 rings (SSSR count).